The topological polar surface area (TPSA) is 55.8 Å². The molecule has 2 aliphatic heterocycles. The Hall–Kier alpha value is -1.76. The third-order valence-corrected chi connectivity index (χ3v) is 6.99. The first kappa shape index (κ1) is 16.7. The molecule has 1 fully saturated rings. The maximum absolute atomic E-state index is 13.1. The molecule has 2 aliphatic rings. The van der Waals surface area contributed by atoms with Crippen molar-refractivity contribution in [1.82, 2.24) is 4.31 Å². The van der Waals surface area contributed by atoms with Crippen LogP contribution in [0.5, 0.6) is 11.5 Å². The third kappa shape index (κ3) is 2.99. The largest absolute Gasteiger partial charge is 0.486 e. The monoisotopic (exact) mass is 379 g/mol. The fourth-order valence-electron chi connectivity index (χ4n) is 3.41. The van der Waals surface area contributed by atoms with E-state index in [1.807, 2.05) is 18.2 Å². The molecule has 0 radical (unpaired) electrons. The third-order valence-electron chi connectivity index (χ3n) is 4.58. The summed E-state index contributed by atoms with van der Waals surface area (Å²) in [6, 6.07) is 12.0. The summed E-state index contributed by atoms with van der Waals surface area (Å²) in [6.07, 6.45) is 1.58. The lowest BCUT2D eigenvalue weighted by Crippen LogP contribution is -2.31. The van der Waals surface area contributed by atoms with Gasteiger partial charge in [-0.1, -0.05) is 29.8 Å². The average Bonchev–Trinajstić information content (AvgIpc) is 3.12. The predicted octanol–water partition coefficient (Wildman–Crippen LogP) is 3.64. The van der Waals surface area contributed by atoms with Crippen LogP contribution < -0.4 is 9.47 Å². The van der Waals surface area contributed by atoms with Crippen LogP contribution in [0.15, 0.2) is 47.4 Å². The van der Waals surface area contributed by atoms with E-state index in [0.717, 1.165) is 18.4 Å². The van der Waals surface area contributed by atoms with Crippen molar-refractivity contribution in [3.63, 3.8) is 0 Å². The van der Waals surface area contributed by atoms with Crippen molar-refractivity contribution >= 4 is 21.6 Å². The van der Waals surface area contributed by atoms with E-state index in [2.05, 4.69) is 0 Å². The fourth-order valence-corrected chi connectivity index (χ4v) is 5.59. The lowest BCUT2D eigenvalue weighted by molar-refractivity contribution is 0.171. The van der Waals surface area contributed by atoms with E-state index in [9.17, 15) is 8.42 Å². The molecule has 132 valence electrons. The molecule has 0 N–H and O–H groups in total. The molecule has 4 rings (SSSR count). The summed E-state index contributed by atoms with van der Waals surface area (Å²) in [5.74, 6) is 1.37. The summed E-state index contributed by atoms with van der Waals surface area (Å²) in [4.78, 5) is 0.154. The molecule has 1 atom stereocenters. The molecule has 0 amide bonds. The number of rotatable bonds is 3. The molecule has 0 aliphatic carbocycles. The molecule has 2 heterocycles. The van der Waals surface area contributed by atoms with Gasteiger partial charge in [0.05, 0.1) is 11.1 Å². The molecule has 0 saturated carbocycles. The number of ether oxygens (including phenoxy) is 2. The van der Waals surface area contributed by atoms with Crippen LogP contribution in [0.4, 0.5) is 0 Å². The van der Waals surface area contributed by atoms with Gasteiger partial charge >= 0.3 is 0 Å². The van der Waals surface area contributed by atoms with Gasteiger partial charge in [-0.3, -0.25) is 0 Å². The Bertz CT molecular complexity index is 900. The number of benzene rings is 2. The van der Waals surface area contributed by atoms with Gasteiger partial charge in [0.25, 0.3) is 0 Å². The molecule has 25 heavy (non-hydrogen) atoms. The van der Waals surface area contributed by atoms with E-state index in [1.165, 1.54) is 0 Å². The first-order chi connectivity index (χ1) is 12.1. The zero-order valence-electron chi connectivity index (χ0n) is 13.5. The zero-order chi connectivity index (χ0) is 17.4. The van der Waals surface area contributed by atoms with Crippen molar-refractivity contribution in [2.45, 2.75) is 23.8 Å². The van der Waals surface area contributed by atoms with Crippen molar-refractivity contribution in [1.29, 1.82) is 0 Å². The Morgan fingerprint density at radius 3 is 2.60 bits per heavy atom. The minimum absolute atomic E-state index is 0.154. The van der Waals surface area contributed by atoms with Crippen LogP contribution in [0, 0.1) is 0 Å². The molecule has 5 nitrogen and oxygen atoms in total. The Morgan fingerprint density at radius 1 is 1.04 bits per heavy atom. The van der Waals surface area contributed by atoms with Crippen molar-refractivity contribution < 1.29 is 17.9 Å². The molecule has 0 unspecified atom stereocenters. The van der Waals surface area contributed by atoms with Crippen LogP contribution in [-0.2, 0) is 10.0 Å². The molecule has 0 spiro atoms. The van der Waals surface area contributed by atoms with Gasteiger partial charge in [0.1, 0.15) is 18.1 Å². The van der Waals surface area contributed by atoms with E-state index < -0.39 is 10.0 Å². The smallest absolute Gasteiger partial charge is 0.245 e. The molecular weight excluding hydrogens is 362 g/mol. The van der Waals surface area contributed by atoms with Gasteiger partial charge in [0.15, 0.2) is 11.5 Å². The summed E-state index contributed by atoms with van der Waals surface area (Å²) in [5, 5.41) is 0.246. The summed E-state index contributed by atoms with van der Waals surface area (Å²) in [5.41, 5.74) is 0.914. The average molecular weight is 380 g/mol. The lowest BCUT2D eigenvalue weighted by atomic mass is 10.0. The van der Waals surface area contributed by atoms with Gasteiger partial charge < -0.3 is 9.47 Å². The van der Waals surface area contributed by atoms with Gasteiger partial charge in [-0.15, -0.1) is 0 Å². The Kier molecular flexibility index (Phi) is 4.35. The van der Waals surface area contributed by atoms with E-state index in [4.69, 9.17) is 21.1 Å². The molecule has 0 bridgehead atoms. The van der Waals surface area contributed by atoms with Crippen LogP contribution >= 0.6 is 11.6 Å². The maximum atomic E-state index is 13.1. The van der Waals surface area contributed by atoms with Crippen LogP contribution in [0.2, 0.25) is 5.02 Å². The van der Waals surface area contributed by atoms with Crippen LogP contribution in [0.3, 0.4) is 0 Å². The number of hydrogen-bond acceptors (Lipinski definition) is 4. The first-order valence-electron chi connectivity index (χ1n) is 8.23. The lowest BCUT2D eigenvalue weighted by Gasteiger charge is -2.26. The molecular formula is C18H18ClNO4S. The number of fused-ring (bicyclic) bond motifs is 1. The Morgan fingerprint density at radius 2 is 1.80 bits per heavy atom. The van der Waals surface area contributed by atoms with Crippen LogP contribution in [-0.4, -0.2) is 32.5 Å². The minimum Gasteiger partial charge on any atom is -0.486 e. The highest BCUT2D eigenvalue weighted by Crippen LogP contribution is 2.41. The van der Waals surface area contributed by atoms with E-state index >= 15 is 0 Å². The van der Waals surface area contributed by atoms with Crippen LogP contribution in [0.25, 0.3) is 0 Å². The number of halogens is 1. The standard InChI is InChI=1S/C18H18ClNO4S/c19-14-4-1-2-6-18(14)25(21,22)20-9-3-5-15(20)13-7-8-16-17(12-13)24-11-10-23-16/h1-2,4,6-8,12,15H,3,5,9-11H2/t15-/m1/s1. The van der Waals surface area contributed by atoms with Gasteiger partial charge in [0.2, 0.25) is 10.0 Å². The molecule has 0 aromatic heterocycles. The molecule has 2 aromatic rings. The zero-order valence-corrected chi connectivity index (χ0v) is 15.1. The Labute approximate surface area is 152 Å². The predicted molar refractivity (Wildman–Crippen MR) is 94.8 cm³/mol. The van der Waals surface area contributed by atoms with Gasteiger partial charge in [0, 0.05) is 6.54 Å². The maximum Gasteiger partial charge on any atom is 0.245 e. The second-order valence-electron chi connectivity index (χ2n) is 6.11. The van der Waals surface area contributed by atoms with Gasteiger partial charge in [-0.05, 0) is 42.7 Å². The normalized spacial score (nSPS) is 20.6. The van der Waals surface area contributed by atoms with Crippen molar-refractivity contribution in [3.8, 4) is 11.5 Å². The molecule has 1 saturated heterocycles. The van der Waals surface area contributed by atoms with Gasteiger partial charge in [-0.2, -0.15) is 4.31 Å². The summed E-state index contributed by atoms with van der Waals surface area (Å²) >= 11 is 6.13. The van der Waals surface area contributed by atoms with Crippen LogP contribution in [0.1, 0.15) is 24.4 Å². The SMILES string of the molecule is O=S(=O)(c1ccccc1Cl)N1CCC[C@@H]1c1ccc2c(c1)OCCO2. The summed E-state index contributed by atoms with van der Waals surface area (Å²) in [6.45, 7) is 1.51. The van der Waals surface area contributed by atoms with Crippen molar-refractivity contribution in [3.05, 3.63) is 53.1 Å². The highest BCUT2D eigenvalue weighted by Gasteiger charge is 2.37. The number of sulfonamides is 1. The second-order valence-corrected chi connectivity index (χ2v) is 8.37. The van der Waals surface area contributed by atoms with Crippen molar-refractivity contribution in [2.75, 3.05) is 19.8 Å². The number of hydrogen-bond donors (Lipinski definition) is 0. The van der Waals surface area contributed by atoms with E-state index in [-0.39, 0.29) is 16.0 Å². The second kappa shape index (κ2) is 6.52. The van der Waals surface area contributed by atoms with E-state index in [0.29, 0.717) is 31.3 Å². The highest BCUT2D eigenvalue weighted by molar-refractivity contribution is 7.89. The number of nitrogens with zero attached hydrogens (tertiary/aromatic N) is 1. The fraction of sp³-hybridized carbons (Fsp3) is 0.333. The minimum atomic E-state index is -3.66. The summed E-state index contributed by atoms with van der Waals surface area (Å²) < 4.78 is 38.9. The van der Waals surface area contributed by atoms with Crippen molar-refractivity contribution in [2.24, 2.45) is 0 Å². The quantitative estimate of drug-likeness (QED) is 0.817. The first-order valence-corrected chi connectivity index (χ1v) is 10.0. The van der Waals surface area contributed by atoms with Gasteiger partial charge in [-0.25, -0.2) is 8.42 Å². The van der Waals surface area contributed by atoms with E-state index in [1.54, 1.807) is 28.6 Å². The molecule has 2 aromatic carbocycles. The highest BCUT2D eigenvalue weighted by atomic mass is 35.5. The molecule has 7 heteroatoms. The Balaban J connectivity index is 1.70. The summed E-state index contributed by atoms with van der Waals surface area (Å²) in [7, 11) is -3.66.